The minimum atomic E-state index is -0.412. The summed E-state index contributed by atoms with van der Waals surface area (Å²) in [6, 6.07) is 13.6. The number of nitrogens with one attached hydrogen (secondary N) is 2. The van der Waals surface area contributed by atoms with Crippen LogP contribution in [-0.4, -0.2) is 53.8 Å². The number of hydrogen-bond acceptors (Lipinski definition) is 7. The highest BCUT2D eigenvalue weighted by molar-refractivity contribution is 8.18. The van der Waals surface area contributed by atoms with Crippen LogP contribution in [0.15, 0.2) is 53.4 Å². The van der Waals surface area contributed by atoms with Crippen LogP contribution in [0.4, 0.5) is 4.79 Å². The largest absolute Gasteiger partial charge is 0.454 e. The third-order valence-corrected chi connectivity index (χ3v) is 6.04. The summed E-state index contributed by atoms with van der Waals surface area (Å²) in [5.74, 6) is 0.266. The molecule has 2 aromatic rings. The van der Waals surface area contributed by atoms with Gasteiger partial charge in [-0.15, -0.1) is 0 Å². The number of thioether (sulfide) groups is 1. The average molecular weight is 482 g/mol. The van der Waals surface area contributed by atoms with Crippen molar-refractivity contribution in [1.29, 1.82) is 0 Å². The van der Waals surface area contributed by atoms with E-state index in [-0.39, 0.29) is 44.2 Å². The topological polar surface area (TPSA) is 114 Å². The fourth-order valence-electron chi connectivity index (χ4n) is 3.45. The maximum atomic E-state index is 12.7. The first-order valence-corrected chi connectivity index (χ1v) is 11.5. The molecule has 0 aliphatic carbocycles. The summed E-state index contributed by atoms with van der Waals surface area (Å²) < 4.78 is 10.6. The summed E-state index contributed by atoms with van der Waals surface area (Å²) in [5, 5.41) is 5.07. The van der Waals surface area contributed by atoms with Crippen LogP contribution in [0.5, 0.6) is 11.5 Å². The lowest BCUT2D eigenvalue weighted by atomic mass is 10.1. The molecule has 10 heteroatoms. The standard InChI is InChI=1S/C24H23N3O6S/c1-15(26-22(29)17-5-3-2-4-6-17)11-21(28)25-9-10-27-23(30)20(34-24(27)31)13-16-7-8-18-19(12-16)33-14-32-18/h2-8,12-13,15H,9-11,14H2,1H3,(H,25,28)(H,26,29)/b20-13-. The maximum Gasteiger partial charge on any atom is 0.293 e. The van der Waals surface area contributed by atoms with Gasteiger partial charge >= 0.3 is 0 Å². The zero-order chi connectivity index (χ0) is 24.1. The first-order valence-electron chi connectivity index (χ1n) is 10.7. The van der Waals surface area contributed by atoms with E-state index >= 15 is 0 Å². The number of benzene rings is 2. The number of fused-ring (bicyclic) bond motifs is 1. The Bertz CT molecular complexity index is 1150. The molecule has 9 nitrogen and oxygen atoms in total. The van der Waals surface area contributed by atoms with Gasteiger partial charge in [-0.1, -0.05) is 24.3 Å². The highest BCUT2D eigenvalue weighted by Crippen LogP contribution is 2.36. The van der Waals surface area contributed by atoms with E-state index < -0.39 is 11.1 Å². The van der Waals surface area contributed by atoms with Crippen LogP contribution in [0.1, 0.15) is 29.3 Å². The molecule has 2 aliphatic heterocycles. The molecular weight excluding hydrogens is 458 g/mol. The molecule has 1 fully saturated rings. The zero-order valence-corrected chi connectivity index (χ0v) is 19.2. The minimum Gasteiger partial charge on any atom is -0.454 e. The molecule has 176 valence electrons. The predicted molar refractivity (Wildman–Crippen MR) is 126 cm³/mol. The fraction of sp³-hybridized carbons (Fsp3) is 0.250. The molecular formula is C24H23N3O6S. The van der Waals surface area contributed by atoms with Crippen molar-refractivity contribution in [3.8, 4) is 11.5 Å². The molecule has 4 amide bonds. The van der Waals surface area contributed by atoms with Crippen LogP contribution in [-0.2, 0) is 9.59 Å². The average Bonchev–Trinajstić information content (AvgIpc) is 3.39. The number of amides is 4. The summed E-state index contributed by atoms with van der Waals surface area (Å²) in [7, 11) is 0. The number of ether oxygens (including phenoxy) is 2. The van der Waals surface area contributed by atoms with Gasteiger partial charge in [0.2, 0.25) is 12.7 Å². The quantitative estimate of drug-likeness (QED) is 0.557. The molecule has 1 atom stereocenters. The van der Waals surface area contributed by atoms with Crippen LogP contribution in [0.3, 0.4) is 0 Å². The Labute approximate surface area is 200 Å². The lowest BCUT2D eigenvalue weighted by Gasteiger charge is -2.15. The van der Waals surface area contributed by atoms with E-state index in [1.54, 1.807) is 55.5 Å². The Morgan fingerprint density at radius 3 is 2.68 bits per heavy atom. The van der Waals surface area contributed by atoms with Gasteiger partial charge in [0.1, 0.15) is 0 Å². The number of rotatable bonds is 8. The second-order valence-corrected chi connectivity index (χ2v) is 8.73. The second-order valence-electron chi connectivity index (χ2n) is 7.74. The molecule has 0 radical (unpaired) electrons. The molecule has 1 unspecified atom stereocenters. The third-order valence-electron chi connectivity index (χ3n) is 5.13. The highest BCUT2D eigenvalue weighted by atomic mass is 32.2. The highest BCUT2D eigenvalue weighted by Gasteiger charge is 2.34. The van der Waals surface area contributed by atoms with Crippen molar-refractivity contribution < 1.29 is 28.7 Å². The molecule has 1 saturated heterocycles. The molecule has 4 rings (SSSR count). The molecule has 0 saturated carbocycles. The molecule has 2 N–H and O–H groups in total. The Hall–Kier alpha value is -3.79. The third kappa shape index (κ3) is 5.57. The molecule has 0 aromatic heterocycles. The van der Waals surface area contributed by atoms with Gasteiger partial charge in [-0.3, -0.25) is 24.1 Å². The monoisotopic (exact) mass is 481 g/mol. The van der Waals surface area contributed by atoms with Crippen molar-refractivity contribution in [3.63, 3.8) is 0 Å². The molecule has 2 aliphatic rings. The summed E-state index contributed by atoms with van der Waals surface area (Å²) in [6.07, 6.45) is 1.70. The van der Waals surface area contributed by atoms with E-state index in [9.17, 15) is 19.2 Å². The van der Waals surface area contributed by atoms with Gasteiger partial charge < -0.3 is 20.1 Å². The summed E-state index contributed by atoms with van der Waals surface area (Å²) in [6.45, 7) is 2.06. The van der Waals surface area contributed by atoms with Gasteiger partial charge in [0.05, 0.1) is 4.91 Å². The van der Waals surface area contributed by atoms with Crippen molar-refractivity contribution in [2.75, 3.05) is 19.9 Å². The van der Waals surface area contributed by atoms with Gasteiger partial charge in [0, 0.05) is 31.1 Å². The van der Waals surface area contributed by atoms with Crippen LogP contribution in [0.25, 0.3) is 6.08 Å². The van der Waals surface area contributed by atoms with E-state index in [1.807, 2.05) is 6.07 Å². The van der Waals surface area contributed by atoms with E-state index in [2.05, 4.69) is 10.6 Å². The lowest BCUT2D eigenvalue weighted by Crippen LogP contribution is -2.40. The van der Waals surface area contributed by atoms with Gasteiger partial charge in [-0.05, 0) is 54.6 Å². The van der Waals surface area contributed by atoms with Crippen molar-refractivity contribution >= 4 is 40.8 Å². The second kappa shape index (κ2) is 10.4. The van der Waals surface area contributed by atoms with Gasteiger partial charge in [-0.25, -0.2) is 0 Å². The number of hydrogen-bond donors (Lipinski definition) is 2. The van der Waals surface area contributed by atoms with Gasteiger partial charge in [0.25, 0.3) is 17.1 Å². The fourth-order valence-corrected chi connectivity index (χ4v) is 4.32. The number of carbonyl (C=O) groups excluding carboxylic acids is 4. The SMILES string of the molecule is CC(CC(=O)NCCN1C(=O)S/C(=C\c2ccc3c(c2)OCO3)C1=O)NC(=O)c1ccccc1. The smallest absolute Gasteiger partial charge is 0.293 e. The van der Waals surface area contributed by atoms with Crippen molar-refractivity contribution in [2.24, 2.45) is 0 Å². The van der Waals surface area contributed by atoms with Crippen molar-refractivity contribution in [3.05, 3.63) is 64.6 Å². The first-order chi connectivity index (χ1) is 16.4. The van der Waals surface area contributed by atoms with E-state index in [4.69, 9.17) is 9.47 Å². The van der Waals surface area contributed by atoms with Crippen LogP contribution >= 0.6 is 11.8 Å². The molecule has 0 spiro atoms. The van der Waals surface area contributed by atoms with Crippen LogP contribution in [0.2, 0.25) is 0 Å². The number of carbonyl (C=O) groups is 4. The lowest BCUT2D eigenvalue weighted by molar-refractivity contribution is -0.124. The Balaban J connectivity index is 1.24. The van der Waals surface area contributed by atoms with Crippen molar-refractivity contribution in [2.45, 2.75) is 19.4 Å². The molecule has 2 aromatic carbocycles. The molecule has 0 bridgehead atoms. The Morgan fingerprint density at radius 1 is 1.12 bits per heavy atom. The van der Waals surface area contributed by atoms with E-state index in [1.165, 1.54) is 0 Å². The van der Waals surface area contributed by atoms with Crippen LogP contribution in [0, 0.1) is 0 Å². The minimum absolute atomic E-state index is 0.0552. The summed E-state index contributed by atoms with van der Waals surface area (Å²) in [4.78, 5) is 50.8. The Morgan fingerprint density at radius 2 is 1.88 bits per heavy atom. The van der Waals surface area contributed by atoms with E-state index in [0.717, 1.165) is 22.2 Å². The van der Waals surface area contributed by atoms with E-state index in [0.29, 0.717) is 22.0 Å². The molecule has 34 heavy (non-hydrogen) atoms. The molecule has 2 heterocycles. The maximum absolute atomic E-state index is 12.7. The summed E-state index contributed by atoms with van der Waals surface area (Å²) >= 11 is 0.850. The zero-order valence-electron chi connectivity index (χ0n) is 18.4. The van der Waals surface area contributed by atoms with Crippen LogP contribution < -0.4 is 20.1 Å². The Kier molecular flexibility index (Phi) is 7.17. The number of nitrogens with zero attached hydrogens (tertiary/aromatic N) is 1. The predicted octanol–water partition coefficient (Wildman–Crippen LogP) is 2.78. The summed E-state index contributed by atoms with van der Waals surface area (Å²) in [5.41, 5.74) is 1.23. The van der Waals surface area contributed by atoms with Gasteiger partial charge in [0.15, 0.2) is 11.5 Å². The first kappa shape index (κ1) is 23.4. The normalized spacial score (nSPS) is 16.6. The van der Waals surface area contributed by atoms with Gasteiger partial charge in [-0.2, -0.15) is 0 Å². The number of imide groups is 1. The van der Waals surface area contributed by atoms with Crippen molar-refractivity contribution in [1.82, 2.24) is 15.5 Å².